The van der Waals surface area contributed by atoms with E-state index in [4.69, 9.17) is 28.9 Å². The van der Waals surface area contributed by atoms with Gasteiger partial charge in [0.15, 0.2) is 0 Å². The predicted octanol–water partition coefficient (Wildman–Crippen LogP) is 2.31. The van der Waals surface area contributed by atoms with Gasteiger partial charge in [-0.15, -0.1) is 0 Å². The van der Waals surface area contributed by atoms with Crippen molar-refractivity contribution in [1.82, 2.24) is 10.2 Å². The van der Waals surface area contributed by atoms with Gasteiger partial charge in [0.2, 0.25) is 5.91 Å². The van der Waals surface area contributed by atoms with E-state index in [9.17, 15) is 9.59 Å². The Balaban J connectivity index is 1.91. The summed E-state index contributed by atoms with van der Waals surface area (Å²) < 4.78 is 0. The number of piperidine rings is 1. The summed E-state index contributed by atoms with van der Waals surface area (Å²) in [5.74, 6) is -0.469. The van der Waals surface area contributed by atoms with Gasteiger partial charge in [-0.1, -0.05) is 37.0 Å². The van der Waals surface area contributed by atoms with Crippen LogP contribution in [0.5, 0.6) is 0 Å². The van der Waals surface area contributed by atoms with Gasteiger partial charge in [0.25, 0.3) is 5.91 Å². The third kappa shape index (κ3) is 4.37. The smallest absolute Gasteiger partial charge is 0.251 e. The topological polar surface area (TPSA) is 75.4 Å². The molecule has 1 fully saturated rings. The fraction of sp³-hybridized carbons (Fsp3) is 0.500. The largest absolute Gasteiger partial charge is 0.343 e. The molecule has 1 aliphatic heterocycles. The predicted molar refractivity (Wildman–Crippen MR) is 91.7 cm³/mol. The van der Waals surface area contributed by atoms with Crippen LogP contribution in [0.25, 0.3) is 0 Å². The highest BCUT2D eigenvalue weighted by Crippen LogP contribution is 2.27. The van der Waals surface area contributed by atoms with Crippen molar-refractivity contribution in [1.29, 1.82) is 0 Å². The van der Waals surface area contributed by atoms with Crippen molar-refractivity contribution in [2.75, 3.05) is 19.6 Å². The number of hydrogen-bond acceptors (Lipinski definition) is 3. The number of likely N-dealkylation sites (tertiary alicyclic amines) is 1. The molecule has 0 aromatic heterocycles. The minimum absolute atomic E-state index is 0.0512. The summed E-state index contributed by atoms with van der Waals surface area (Å²) in [4.78, 5) is 26.1. The molecule has 1 aliphatic rings. The molecule has 23 heavy (non-hydrogen) atoms. The van der Waals surface area contributed by atoms with Crippen LogP contribution in [0.3, 0.4) is 0 Å². The van der Waals surface area contributed by atoms with E-state index in [1.165, 1.54) is 6.07 Å². The molecule has 1 saturated heterocycles. The third-order valence-corrected chi connectivity index (χ3v) is 4.99. The Morgan fingerprint density at radius 2 is 2.04 bits per heavy atom. The molecule has 0 spiro atoms. The first kappa shape index (κ1) is 18.0. The van der Waals surface area contributed by atoms with Crippen molar-refractivity contribution >= 4 is 35.0 Å². The molecule has 1 unspecified atom stereocenters. The Morgan fingerprint density at radius 1 is 1.35 bits per heavy atom. The monoisotopic (exact) mass is 357 g/mol. The summed E-state index contributed by atoms with van der Waals surface area (Å²) in [5, 5.41) is 3.30. The molecule has 1 aromatic carbocycles. The average molecular weight is 358 g/mol. The van der Waals surface area contributed by atoms with E-state index >= 15 is 0 Å². The fourth-order valence-corrected chi connectivity index (χ4v) is 2.89. The Bertz CT molecular complexity index is 619. The van der Waals surface area contributed by atoms with E-state index in [0.717, 1.165) is 6.42 Å². The minimum Gasteiger partial charge on any atom is -0.343 e. The number of nitrogens with two attached hydrogens (primary N) is 1. The number of nitrogens with zero attached hydrogens (tertiary/aromatic N) is 1. The van der Waals surface area contributed by atoms with Gasteiger partial charge in [-0.25, -0.2) is 0 Å². The maximum absolute atomic E-state index is 12.3. The molecule has 0 radical (unpaired) electrons. The van der Waals surface area contributed by atoms with Crippen LogP contribution in [0, 0.1) is 5.41 Å². The molecular formula is C16H21Cl2N3O2. The quantitative estimate of drug-likeness (QED) is 0.871. The molecule has 0 saturated carbocycles. The maximum atomic E-state index is 12.3. The molecule has 5 nitrogen and oxygen atoms in total. The molecule has 1 heterocycles. The van der Waals surface area contributed by atoms with Crippen LogP contribution in [-0.4, -0.2) is 42.4 Å². The summed E-state index contributed by atoms with van der Waals surface area (Å²) in [7, 11) is 0. The van der Waals surface area contributed by atoms with Gasteiger partial charge in [0.1, 0.15) is 0 Å². The van der Waals surface area contributed by atoms with Gasteiger partial charge in [-0.3, -0.25) is 9.59 Å². The zero-order chi connectivity index (χ0) is 17.2. The number of carbonyl (C=O) groups excluding carboxylic acids is 2. The van der Waals surface area contributed by atoms with Crippen molar-refractivity contribution in [2.45, 2.75) is 26.3 Å². The van der Waals surface area contributed by atoms with Crippen LogP contribution in [0.2, 0.25) is 10.0 Å². The van der Waals surface area contributed by atoms with Crippen LogP contribution in [0.15, 0.2) is 18.2 Å². The van der Waals surface area contributed by atoms with Crippen molar-refractivity contribution in [3.63, 3.8) is 0 Å². The second-order valence-corrected chi connectivity index (χ2v) is 7.33. The molecule has 0 bridgehead atoms. The van der Waals surface area contributed by atoms with E-state index < -0.39 is 0 Å². The van der Waals surface area contributed by atoms with Crippen molar-refractivity contribution in [3.8, 4) is 0 Å². The Labute approximate surface area is 146 Å². The zero-order valence-corrected chi connectivity index (χ0v) is 14.7. The molecule has 7 heteroatoms. The number of nitrogens with one attached hydrogen (secondary N) is 1. The second-order valence-electron chi connectivity index (χ2n) is 6.51. The highest BCUT2D eigenvalue weighted by molar-refractivity contribution is 6.42. The van der Waals surface area contributed by atoms with E-state index in [0.29, 0.717) is 28.7 Å². The van der Waals surface area contributed by atoms with Crippen LogP contribution in [0.1, 0.15) is 30.6 Å². The molecule has 2 amide bonds. The lowest BCUT2D eigenvalue weighted by Crippen LogP contribution is -2.55. The van der Waals surface area contributed by atoms with Gasteiger partial charge in [-0.2, -0.15) is 0 Å². The van der Waals surface area contributed by atoms with Gasteiger partial charge in [0, 0.05) is 24.7 Å². The SMILES string of the molecule is CC1(C)CN(C(=O)CNC(=O)c2ccc(Cl)c(Cl)c2)CCC1N. The first-order chi connectivity index (χ1) is 10.7. The van der Waals surface area contributed by atoms with E-state index in [-0.39, 0.29) is 29.8 Å². The Hall–Kier alpha value is -1.30. The highest BCUT2D eigenvalue weighted by Gasteiger charge is 2.35. The highest BCUT2D eigenvalue weighted by atomic mass is 35.5. The van der Waals surface area contributed by atoms with Gasteiger partial charge in [-0.05, 0) is 30.0 Å². The van der Waals surface area contributed by atoms with E-state index in [2.05, 4.69) is 5.32 Å². The average Bonchev–Trinajstić information content (AvgIpc) is 2.49. The van der Waals surface area contributed by atoms with Crippen molar-refractivity contribution in [2.24, 2.45) is 11.1 Å². The van der Waals surface area contributed by atoms with Crippen molar-refractivity contribution < 1.29 is 9.59 Å². The standard InChI is InChI=1S/C16H21Cl2N3O2/c1-16(2)9-21(6-5-13(16)19)14(22)8-20-15(23)10-3-4-11(17)12(18)7-10/h3-4,7,13H,5-6,8-9,19H2,1-2H3,(H,20,23). The second kappa shape index (κ2) is 7.07. The van der Waals surface area contributed by atoms with Gasteiger partial charge >= 0.3 is 0 Å². The lowest BCUT2D eigenvalue weighted by atomic mass is 9.79. The molecule has 2 rings (SSSR count). The summed E-state index contributed by atoms with van der Waals surface area (Å²) >= 11 is 11.7. The van der Waals surface area contributed by atoms with Crippen LogP contribution < -0.4 is 11.1 Å². The molecule has 126 valence electrons. The number of carbonyl (C=O) groups is 2. The molecular weight excluding hydrogens is 337 g/mol. The maximum Gasteiger partial charge on any atom is 0.251 e. The molecule has 3 N–H and O–H groups in total. The first-order valence-electron chi connectivity index (χ1n) is 7.47. The molecule has 1 aromatic rings. The van der Waals surface area contributed by atoms with Crippen LogP contribution in [0.4, 0.5) is 0 Å². The number of hydrogen-bond donors (Lipinski definition) is 2. The van der Waals surface area contributed by atoms with Crippen LogP contribution >= 0.6 is 23.2 Å². The summed E-state index contributed by atoms with van der Waals surface area (Å²) in [5.41, 5.74) is 6.31. The summed E-state index contributed by atoms with van der Waals surface area (Å²) in [6.45, 7) is 5.25. The number of amides is 2. The molecule has 0 aliphatic carbocycles. The van der Waals surface area contributed by atoms with Crippen molar-refractivity contribution in [3.05, 3.63) is 33.8 Å². The fourth-order valence-electron chi connectivity index (χ4n) is 2.59. The number of benzene rings is 1. The normalized spacial score (nSPS) is 20.2. The first-order valence-corrected chi connectivity index (χ1v) is 8.23. The number of halogens is 2. The third-order valence-electron chi connectivity index (χ3n) is 4.25. The summed E-state index contributed by atoms with van der Waals surface area (Å²) in [6.07, 6.45) is 0.763. The Morgan fingerprint density at radius 3 is 2.65 bits per heavy atom. The minimum atomic E-state index is -0.357. The van der Waals surface area contributed by atoms with Gasteiger partial charge < -0.3 is 16.0 Å². The summed E-state index contributed by atoms with van der Waals surface area (Å²) in [6, 6.07) is 4.68. The van der Waals surface area contributed by atoms with E-state index in [1.807, 2.05) is 13.8 Å². The zero-order valence-electron chi connectivity index (χ0n) is 13.2. The van der Waals surface area contributed by atoms with Crippen LogP contribution in [-0.2, 0) is 4.79 Å². The molecule has 1 atom stereocenters. The Kier molecular flexibility index (Phi) is 5.55. The number of rotatable bonds is 3. The van der Waals surface area contributed by atoms with E-state index in [1.54, 1.807) is 17.0 Å². The lowest BCUT2D eigenvalue weighted by molar-refractivity contribution is -0.133. The van der Waals surface area contributed by atoms with Gasteiger partial charge in [0.05, 0.1) is 16.6 Å². The lowest BCUT2D eigenvalue weighted by Gasteiger charge is -2.42.